The topological polar surface area (TPSA) is 81.9 Å². The van der Waals surface area contributed by atoms with Crippen molar-refractivity contribution in [1.29, 1.82) is 0 Å². The van der Waals surface area contributed by atoms with Crippen LogP contribution in [0.25, 0.3) is 22.1 Å². The van der Waals surface area contributed by atoms with E-state index in [1.54, 1.807) is 25.7 Å². The van der Waals surface area contributed by atoms with Crippen molar-refractivity contribution in [1.82, 2.24) is 24.8 Å². The minimum Gasteiger partial charge on any atom is -0.383 e. The van der Waals surface area contributed by atoms with Gasteiger partial charge >= 0.3 is 0 Å². The lowest BCUT2D eigenvalue weighted by atomic mass is 9.89. The van der Waals surface area contributed by atoms with Gasteiger partial charge in [-0.25, -0.2) is 4.98 Å². The Morgan fingerprint density at radius 1 is 1.26 bits per heavy atom. The summed E-state index contributed by atoms with van der Waals surface area (Å²) >= 11 is 1.52. The third kappa shape index (κ3) is 5.02. The first kappa shape index (κ1) is 21.6. The molecule has 1 amide bonds. The van der Waals surface area contributed by atoms with E-state index in [0.717, 1.165) is 34.3 Å². The first-order chi connectivity index (χ1) is 15.2. The molecule has 3 heterocycles. The molecular formula is C23H29N5O2S. The number of nitrogens with zero attached hydrogens (tertiary/aromatic N) is 4. The molecule has 0 saturated heterocycles. The second-order valence-electron chi connectivity index (χ2n) is 8.02. The molecule has 8 heteroatoms. The number of rotatable bonds is 8. The van der Waals surface area contributed by atoms with Crippen molar-refractivity contribution < 1.29 is 9.53 Å². The van der Waals surface area contributed by atoms with Gasteiger partial charge in [0.05, 0.1) is 29.8 Å². The Balaban J connectivity index is 1.58. The van der Waals surface area contributed by atoms with Crippen molar-refractivity contribution in [2.75, 3.05) is 20.3 Å². The van der Waals surface area contributed by atoms with Gasteiger partial charge in [-0.05, 0) is 31.7 Å². The van der Waals surface area contributed by atoms with Crippen LogP contribution in [0.3, 0.4) is 0 Å². The van der Waals surface area contributed by atoms with Crippen LogP contribution in [-0.4, -0.2) is 45.7 Å². The maximum atomic E-state index is 13.0. The van der Waals surface area contributed by atoms with Gasteiger partial charge in [-0.2, -0.15) is 0 Å². The second-order valence-corrected chi connectivity index (χ2v) is 8.87. The monoisotopic (exact) mass is 439 g/mol. The molecule has 3 aromatic rings. The van der Waals surface area contributed by atoms with Crippen LogP contribution in [0, 0.1) is 12.8 Å². The molecule has 0 aliphatic heterocycles. The number of carbonyl (C=O) groups excluding carboxylic acids is 1. The van der Waals surface area contributed by atoms with E-state index < -0.39 is 0 Å². The molecular weight excluding hydrogens is 410 g/mol. The molecule has 0 spiro atoms. The molecule has 164 valence electrons. The highest BCUT2D eigenvalue weighted by molar-refractivity contribution is 7.13. The Labute approximate surface area is 186 Å². The normalized spacial score (nSPS) is 14.6. The maximum Gasteiger partial charge on any atom is 0.253 e. The minimum atomic E-state index is -0.00938. The van der Waals surface area contributed by atoms with Crippen molar-refractivity contribution in [3.05, 3.63) is 41.3 Å². The van der Waals surface area contributed by atoms with E-state index in [1.807, 2.05) is 18.4 Å². The molecule has 3 aromatic heterocycles. The van der Waals surface area contributed by atoms with E-state index in [-0.39, 0.29) is 5.91 Å². The molecule has 4 rings (SSSR count). The molecule has 0 atom stereocenters. The molecule has 1 aliphatic carbocycles. The third-order valence-electron chi connectivity index (χ3n) is 5.96. The highest BCUT2D eigenvalue weighted by atomic mass is 32.1. The smallest absolute Gasteiger partial charge is 0.253 e. The molecule has 1 saturated carbocycles. The van der Waals surface area contributed by atoms with Crippen molar-refractivity contribution in [2.45, 2.75) is 45.6 Å². The largest absolute Gasteiger partial charge is 0.383 e. The number of hydrogen-bond donors (Lipinski definition) is 1. The summed E-state index contributed by atoms with van der Waals surface area (Å²) in [5, 5.41) is 5.98. The summed E-state index contributed by atoms with van der Waals surface area (Å²) in [5.41, 5.74) is 4.13. The summed E-state index contributed by atoms with van der Waals surface area (Å²) < 4.78 is 7.42. The van der Waals surface area contributed by atoms with Gasteiger partial charge < -0.3 is 14.6 Å². The van der Waals surface area contributed by atoms with Crippen LogP contribution >= 0.6 is 11.3 Å². The van der Waals surface area contributed by atoms with Crippen LogP contribution in [0.15, 0.2) is 30.0 Å². The van der Waals surface area contributed by atoms with Gasteiger partial charge in [0.2, 0.25) is 0 Å². The van der Waals surface area contributed by atoms with Crippen molar-refractivity contribution in [2.24, 2.45) is 5.92 Å². The van der Waals surface area contributed by atoms with E-state index in [2.05, 4.69) is 19.9 Å². The quantitative estimate of drug-likeness (QED) is 0.565. The predicted octanol–water partition coefficient (Wildman–Crippen LogP) is 4.33. The number of nitrogens with one attached hydrogen (secondary N) is 1. The van der Waals surface area contributed by atoms with Crippen molar-refractivity contribution in [3.8, 4) is 22.1 Å². The lowest BCUT2D eigenvalue weighted by molar-refractivity contribution is 0.0942. The Hall–Kier alpha value is -2.58. The molecule has 0 aromatic carbocycles. The zero-order valence-electron chi connectivity index (χ0n) is 18.1. The van der Waals surface area contributed by atoms with Crippen LogP contribution in [0.1, 0.15) is 48.2 Å². The van der Waals surface area contributed by atoms with Crippen LogP contribution in [0.2, 0.25) is 0 Å². The third-order valence-corrected chi connectivity index (χ3v) is 6.82. The average molecular weight is 440 g/mol. The van der Waals surface area contributed by atoms with Gasteiger partial charge in [0, 0.05) is 43.7 Å². The van der Waals surface area contributed by atoms with Crippen LogP contribution < -0.4 is 5.32 Å². The highest BCUT2D eigenvalue weighted by Crippen LogP contribution is 2.31. The Kier molecular flexibility index (Phi) is 7.09. The lowest BCUT2D eigenvalue weighted by Crippen LogP contribution is -2.30. The molecule has 31 heavy (non-hydrogen) atoms. The molecule has 1 N–H and O–H groups in total. The van der Waals surface area contributed by atoms with Crippen molar-refractivity contribution in [3.63, 3.8) is 0 Å². The van der Waals surface area contributed by atoms with Gasteiger partial charge in [-0.3, -0.25) is 14.8 Å². The number of ether oxygens (including phenoxy) is 1. The molecule has 7 nitrogen and oxygen atoms in total. The predicted molar refractivity (Wildman–Crippen MR) is 122 cm³/mol. The summed E-state index contributed by atoms with van der Waals surface area (Å²) in [5.74, 6) is 0.589. The van der Waals surface area contributed by atoms with E-state index in [0.29, 0.717) is 24.6 Å². The van der Waals surface area contributed by atoms with Crippen LogP contribution in [-0.2, 0) is 11.3 Å². The first-order valence-electron chi connectivity index (χ1n) is 10.9. The fourth-order valence-corrected chi connectivity index (χ4v) is 4.97. The standard InChI is InChI=1S/C23H29N5O2S/c1-16-18(22(29)26-13-17-6-4-3-5-7-17)12-21(28(16)10-11-30-2)20-15-31-23(27-20)19-14-24-8-9-25-19/h8-9,12,14-15,17H,3-7,10-11,13H2,1-2H3,(H,26,29). The van der Waals surface area contributed by atoms with Crippen LogP contribution in [0.5, 0.6) is 0 Å². The summed E-state index contributed by atoms with van der Waals surface area (Å²) in [6, 6.07) is 1.96. The highest BCUT2D eigenvalue weighted by Gasteiger charge is 2.21. The number of methoxy groups -OCH3 is 1. The second kappa shape index (κ2) is 10.2. The molecule has 0 bridgehead atoms. The molecule has 1 fully saturated rings. The first-order valence-corrected chi connectivity index (χ1v) is 11.7. The van der Waals surface area contributed by atoms with E-state index >= 15 is 0 Å². The fraction of sp³-hybridized carbons (Fsp3) is 0.478. The average Bonchev–Trinajstić information content (AvgIpc) is 3.42. The lowest BCUT2D eigenvalue weighted by Gasteiger charge is -2.21. The number of thiazole rings is 1. The summed E-state index contributed by atoms with van der Waals surface area (Å²) in [6.07, 6.45) is 11.3. The van der Waals surface area contributed by atoms with Gasteiger partial charge in [-0.1, -0.05) is 19.3 Å². The number of aromatic nitrogens is 4. The summed E-state index contributed by atoms with van der Waals surface area (Å²) in [7, 11) is 1.69. The number of carbonyl (C=O) groups is 1. The molecule has 1 aliphatic rings. The summed E-state index contributed by atoms with van der Waals surface area (Å²) in [4.78, 5) is 26.3. The fourth-order valence-electron chi connectivity index (χ4n) is 4.20. The SMILES string of the molecule is COCCn1c(-c2csc(-c3cnccn3)n2)cc(C(=O)NCC2CCCCC2)c1C. The van der Waals surface area contributed by atoms with Gasteiger partial charge in [0.25, 0.3) is 5.91 Å². The zero-order valence-corrected chi connectivity index (χ0v) is 19.0. The molecule has 0 radical (unpaired) electrons. The number of hydrogen-bond acceptors (Lipinski definition) is 6. The van der Waals surface area contributed by atoms with Gasteiger partial charge in [0.1, 0.15) is 10.7 Å². The summed E-state index contributed by atoms with van der Waals surface area (Å²) in [6.45, 7) is 3.97. The van der Waals surface area contributed by atoms with Gasteiger partial charge in [-0.15, -0.1) is 11.3 Å². The Morgan fingerprint density at radius 3 is 2.84 bits per heavy atom. The van der Waals surface area contributed by atoms with E-state index in [1.165, 1.54) is 43.4 Å². The zero-order chi connectivity index (χ0) is 21.6. The van der Waals surface area contributed by atoms with E-state index in [9.17, 15) is 4.79 Å². The number of amides is 1. The van der Waals surface area contributed by atoms with Crippen molar-refractivity contribution >= 4 is 17.2 Å². The maximum absolute atomic E-state index is 13.0. The Bertz CT molecular complexity index is 1010. The molecule has 0 unspecified atom stereocenters. The van der Waals surface area contributed by atoms with Crippen LogP contribution in [0.4, 0.5) is 0 Å². The van der Waals surface area contributed by atoms with Gasteiger partial charge in [0.15, 0.2) is 0 Å². The minimum absolute atomic E-state index is 0.00938. The van der Waals surface area contributed by atoms with E-state index in [4.69, 9.17) is 9.72 Å². The Morgan fingerprint density at radius 2 is 2.10 bits per heavy atom.